The van der Waals surface area contributed by atoms with Crippen LogP contribution in [0.1, 0.15) is 67.8 Å². The first-order valence-corrected chi connectivity index (χ1v) is 13.0. The van der Waals surface area contributed by atoms with Gasteiger partial charge in [0.2, 0.25) is 0 Å². The standard InChI is InChI=1S/C30H32N4O4/c1-4-6-11-19-32(29(35)23-14-12-15-24(20-23)34(37)38)21(3)28-31-26-17-9-8-16-25(26)30(36)33(28)27-18-10-7-13-22(27)5-2/h7-10,12-18,20-21H,4-6,11,19H2,1-3H3. The van der Waals surface area contributed by atoms with Crippen molar-refractivity contribution in [3.63, 3.8) is 0 Å². The number of fused-ring (bicyclic) bond motifs is 1. The number of carbonyl (C=O) groups excluding carboxylic acids is 1. The van der Waals surface area contributed by atoms with Gasteiger partial charge in [-0.3, -0.25) is 24.3 Å². The van der Waals surface area contributed by atoms with E-state index in [0.29, 0.717) is 23.3 Å². The lowest BCUT2D eigenvalue weighted by molar-refractivity contribution is -0.384. The Labute approximate surface area is 221 Å². The van der Waals surface area contributed by atoms with Gasteiger partial charge in [-0.25, -0.2) is 4.98 Å². The molecule has 0 N–H and O–H groups in total. The molecule has 1 amide bonds. The van der Waals surface area contributed by atoms with Gasteiger partial charge in [0.25, 0.3) is 17.2 Å². The maximum atomic E-state index is 13.9. The highest BCUT2D eigenvalue weighted by atomic mass is 16.6. The molecule has 1 aromatic heterocycles. The Morgan fingerprint density at radius 3 is 2.50 bits per heavy atom. The molecule has 0 aliphatic rings. The Balaban J connectivity index is 1.91. The molecule has 8 nitrogen and oxygen atoms in total. The maximum Gasteiger partial charge on any atom is 0.270 e. The molecule has 4 aromatic rings. The summed E-state index contributed by atoms with van der Waals surface area (Å²) in [6.45, 7) is 6.40. The van der Waals surface area contributed by atoms with Gasteiger partial charge in [-0.15, -0.1) is 0 Å². The summed E-state index contributed by atoms with van der Waals surface area (Å²) < 4.78 is 1.62. The number of non-ortho nitro benzene ring substituents is 1. The zero-order valence-electron chi connectivity index (χ0n) is 22.0. The Hall–Kier alpha value is -4.33. The predicted molar refractivity (Wildman–Crippen MR) is 149 cm³/mol. The zero-order valence-corrected chi connectivity index (χ0v) is 22.0. The Morgan fingerprint density at radius 1 is 1.03 bits per heavy atom. The van der Waals surface area contributed by atoms with Crippen LogP contribution in [0.25, 0.3) is 16.6 Å². The number of aromatic nitrogens is 2. The minimum atomic E-state index is -0.583. The quantitative estimate of drug-likeness (QED) is 0.142. The molecule has 0 saturated carbocycles. The number of aryl methyl sites for hydroxylation is 1. The van der Waals surface area contributed by atoms with Crippen LogP contribution in [0.2, 0.25) is 0 Å². The fourth-order valence-electron chi connectivity index (χ4n) is 4.75. The minimum absolute atomic E-state index is 0.144. The Morgan fingerprint density at radius 2 is 1.76 bits per heavy atom. The normalized spacial score (nSPS) is 11.9. The highest BCUT2D eigenvalue weighted by molar-refractivity contribution is 5.95. The van der Waals surface area contributed by atoms with E-state index in [0.717, 1.165) is 36.9 Å². The third kappa shape index (κ3) is 5.34. The molecule has 1 atom stereocenters. The molecule has 8 heteroatoms. The van der Waals surface area contributed by atoms with Crippen LogP contribution in [-0.2, 0) is 6.42 Å². The summed E-state index contributed by atoms with van der Waals surface area (Å²) in [6.07, 6.45) is 3.36. The molecule has 4 rings (SSSR count). The van der Waals surface area contributed by atoms with Crippen LogP contribution in [0.4, 0.5) is 5.69 Å². The second-order valence-corrected chi connectivity index (χ2v) is 9.30. The van der Waals surface area contributed by atoms with E-state index in [4.69, 9.17) is 4.98 Å². The van der Waals surface area contributed by atoms with Gasteiger partial charge in [0.05, 0.1) is 27.6 Å². The molecule has 0 fully saturated rings. The van der Waals surface area contributed by atoms with Gasteiger partial charge in [0.1, 0.15) is 5.82 Å². The number of amides is 1. The lowest BCUT2D eigenvalue weighted by Gasteiger charge is -2.31. The number of nitrogens with zero attached hydrogens (tertiary/aromatic N) is 4. The average molecular weight is 513 g/mol. The van der Waals surface area contributed by atoms with Crippen molar-refractivity contribution in [2.45, 2.75) is 52.5 Å². The van der Waals surface area contributed by atoms with Gasteiger partial charge in [-0.2, -0.15) is 0 Å². The largest absolute Gasteiger partial charge is 0.329 e. The number of rotatable bonds is 10. The highest BCUT2D eigenvalue weighted by Gasteiger charge is 2.28. The van der Waals surface area contributed by atoms with Crippen LogP contribution in [0.15, 0.2) is 77.6 Å². The van der Waals surface area contributed by atoms with E-state index < -0.39 is 11.0 Å². The van der Waals surface area contributed by atoms with Gasteiger partial charge in [-0.1, -0.05) is 63.1 Å². The fraction of sp³-hybridized carbons (Fsp3) is 0.300. The molecule has 1 heterocycles. The van der Waals surface area contributed by atoms with Gasteiger partial charge in [0.15, 0.2) is 0 Å². The van der Waals surface area contributed by atoms with E-state index in [1.54, 1.807) is 27.7 Å². The Kier molecular flexibility index (Phi) is 8.31. The number of nitro benzene ring substituents is 1. The van der Waals surface area contributed by atoms with Crippen molar-refractivity contribution < 1.29 is 9.72 Å². The number of hydrogen-bond donors (Lipinski definition) is 0. The Bertz CT molecular complexity index is 1530. The summed E-state index contributed by atoms with van der Waals surface area (Å²) in [5.74, 6) is 0.111. The third-order valence-electron chi connectivity index (χ3n) is 6.82. The summed E-state index contributed by atoms with van der Waals surface area (Å²) in [6, 6.07) is 20.1. The van der Waals surface area contributed by atoms with E-state index in [2.05, 4.69) is 6.92 Å². The molecule has 0 aliphatic heterocycles. The number of carbonyl (C=O) groups is 1. The highest BCUT2D eigenvalue weighted by Crippen LogP contribution is 2.27. The minimum Gasteiger partial charge on any atom is -0.329 e. The summed E-state index contributed by atoms with van der Waals surface area (Å²) in [7, 11) is 0. The molecule has 0 radical (unpaired) electrons. The van der Waals surface area contributed by atoms with Crippen molar-refractivity contribution >= 4 is 22.5 Å². The van der Waals surface area contributed by atoms with Crippen LogP contribution in [0, 0.1) is 10.1 Å². The van der Waals surface area contributed by atoms with E-state index >= 15 is 0 Å². The van der Waals surface area contributed by atoms with Crippen LogP contribution in [0.3, 0.4) is 0 Å². The lowest BCUT2D eigenvalue weighted by Crippen LogP contribution is -2.38. The first kappa shape index (κ1) is 26.7. The molecule has 0 spiro atoms. The number of benzene rings is 3. The number of unbranched alkanes of at least 4 members (excludes halogenated alkanes) is 2. The molecular weight excluding hydrogens is 480 g/mol. The number of hydrogen-bond acceptors (Lipinski definition) is 5. The average Bonchev–Trinajstić information content (AvgIpc) is 2.94. The predicted octanol–water partition coefficient (Wildman–Crippen LogP) is 6.25. The SMILES string of the molecule is CCCCCN(C(=O)c1cccc([N+](=O)[O-])c1)C(C)c1nc2ccccc2c(=O)n1-c1ccccc1CC. The van der Waals surface area contributed by atoms with Crippen molar-refractivity contribution in [2.24, 2.45) is 0 Å². The second kappa shape index (κ2) is 11.8. The van der Waals surface area contributed by atoms with Gasteiger partial charge >= 0.3 is 0 Å². The lowest BCUT2D eigenvalue weighted by atomic mass is 10.1. The van der Waals surface area contributed by atoms with Gasteiger partial charge in [0, 0.05) is 24.2 Å². The smallest absolute Gasteiger partial charge is 0.270 e. The molecular formula is C30H32N4O4. The van der Waals surface area contributed by atoms with E-state index in [-0.39, 0.29) is 22.7 Å². The summed E-state index contributed by atoms with van der Waals surface area (Å²) >= 11 is 0. The summed E-state index contributed by atoms with van der Waals surface area (Å²) in [5.41, 5.74) is 2.16. The maximum absolute atomic E-state index is 13.9. The van der Waals surface area contributed by atoms with Crippen molar-refractivity contribution in [2.75, 3.05) is 6.54 Å². The van der Waals surface area contributed by atoms with Crippen molar-refractivity contribution in [3.8, 4) is 5.69 Å². The van der Waals surface area contributed by atoms with E-state index in [1.165, 1.54) is 18.2 Å². The fourth-order valence-corrected chi connectivity index (χ4v) is 4.75. The molecule has 196 valence electrons. The number of para-hydroxylation sites is 2. The van der Waals surface area contributed by atoms with Crippen LogP contribution >= 0.6 is 0 Å². The van der Waals surface area contributed by atoms with E-state index in [9.17, 15) is 19.7 Å². The second-order valence-electron chi connectivity index (χ2n) is 9.30. The summed E-state index contributed by atoms with van der Waals surface area (Å²) in [4.78, 5) is 45.2. The van der Waals surface area contributed by atoms with Crippen LogP contribution in [0.5, 0.6) is 0 Å². The van der Waals surface area contributed by atoms with Crippen molar-refractivity contribution in [1.29, 1.82) is 0 Å². The van der Waals surface area contributed by atoms with Crippen molar-refractivity contribution in [3.05, 3.63) is 110 Å². The molecule has 0 bridgehead atoms. The molecule has 38 heavy (non-hydrogen) atoms. The van der Waals surface area contributed by atoms with Crippen LogP contribution < -0.4 is 5.56 Å². The zero-order chi connectivity index (χ0) is 27.2. The van der Waals surface area contributed by atoms with Crippen LogP contribution in [-0.4, -0.2) is 31.8 Å². The first-order valence-electron chi connectivity index (χ1n) is 13.0. The van der Waals surface area contributed by atoms with Crippen molar-refractivity contribution in [1.82, 2.24) is 14.5 Å². The van der Waals surface area contributed by atoms with Gasteiger partial charge in [-0.05, 0) is 49.6 Å². The number of nitro groups is 1. The van der Waals surface area contributed by atoms with Gasteiger partial charge < -0.3 is 4.90 Å². The topological polar surface area (TPSA) is 98.3 Å². The first-order chi connectivity index (χ1) is 18.4. The summed E-state index contributed by atoms with van der Waals surface area (Å²) in [5, 5.41) is 11.9. The molecule has 3 aromatic carbocycles. The molecule has 0 saturated heterocycles. The molecule has 1 unspecified atom stereocenters. The van der Waals surface area contributed by atoms with E-state index in [1.807, 2.05) is 50.2 Å². The molecule has 0 aliphatic carbocycles. The third-order valence-corrected chi connectivity index (χ3v) is 6.82. The monoisotopic (exact) mass is 512 g/mol.